The summed E-state index contributed by atoms with van der Waals surface area (Å²) in [6.07, 6.45) is -4.42. The molecule has 1 aromatic carbocycles. The van der Waals surface area contributed by atoms with Gasteiger partial charge < -0.3 is 4.74 Å². The smallest absolute Gasteiger partial charge is 0.417 e. The molecular weight excluding hydrogens is 323 g/mol. The molecule has 104 valence electrons. The molecule has 0 radical (unpaired) electrons. The van der Waals surface area contributed by atoms with E-state index >= 15 is 0 Å². The van der Waals surface area contributed by atoms with Gasteiger partial charge in [0.25, 0.3) is 0 Å². The van der Waals surface area contributed by atoms with Crippen LogP contribution < -0.4 is 0 Å². The van der Waals surface area contributed by atoms with Crippen molar-refractivity contribution in [1.82, 2.24) is 0 Å². The third kappa shape index (κ3) is 3.11. The molecule has 6 heteroatoms. The minimum absolute atomic E-state index is 0.00924. The first-order valence-electron chi connectivity index (χ1n) is 5.86. The molecule has 1 aromatic rings. The van der Waals surface area contributed by atoms with Crippen molar-refractivity contribution in [2.75, 3.05) is 6.61 Å². The fourth-order valence-electron chi connectivity index (χ4n) is 1.82. The van der Waals surface area contributed by atoms with E-state index in [9.17, 15) is 13.2 Å². The highest BCUT2D eigenvalue weighted by Gasteiger charge is 2.36. The number of ether oxygens (including phenoxy) is 1. The lowest BCUT2D eigenvalue weighted by atomic mass is 10.1. The summed E-state index contributed by atoms with van der Waals surface area (Å²) in [5, 5.41) is 0. The Morgan fingerprint density at radius 3 is 2.58 bits per heavy atom. The molecule has 0 N–H and O–H groups in total. The van der Waals surface area contributed by atoms with Gasteiger partial charge in [-0.25, -0.2) is 4.99 Å². The van der Waals surface area contributed by atoms with Gasteiger partial charge in [-0.05, 0) is 24.1 Å². The highest BCUT2D eigenvalue weighted by Crippen LogP contribution is 2.34. The number of hydrogen-bond acceptors (Lipinski definition) is 2. The van der Waals surface area contributed by atoms with Gasteiger partial charge in [-0.2, -0.15) is 13.2 Å². The van der Waals surface area contributed by atoms with Crippen molar-refractivity contribution in [2.24, 2.45) is 10.9 Å². The quantitative estimate of drug-likeness (QED) is 0.790. The summed E-state index contributed by atoms with van der Waals surface area (Å²) in [5.74, 6) is 0.311. The molecule has 0 aliphatic carbocycles. The van der Waals surface area contributed by atoms with E-state index in [-0.39, 0.29) is 23.4 Å². The summed E-state index contributed by atoms with van der Waals surface area (Å²) >= 11 is 3.18. The molecule has 0 bridgehead atoms. The van der Waals surface area contributed by atoms with Crippen LogP contribution in [0.5, 0.6) is 0 Å². The molecule has 0 aromatic heterocycles. The second kappa shape index (κ2) is 5.15. The van der Waals surface area contributed by atoms with Crippen LogP contribution in [-0.4, -0.2) is 18.5 Å². The molecule has 2 rings (SSSR count). The monoisotopic (exact) mass is 335 g/mol. The lowest BCUT2D eigenvalue weighted by molar-refractivity contribution is -0.137. The van der Waals surface area contributed by atoms with E-state index in [1.165, 1.54) is 12.1 Å². The second-order valence-electron chi connectivity index (χ2n) is 4.74. The number of benzene rings is 1. The SMILES string of the molecule is CC(C)[C@@H]1COC(c2cc(Br)ccc2C(F)(F)F)=N1. The standard InChI is InChI=1S/C13H13BrF3NO/c1-7(2)11-6-19-12(18-11)9-5-8(14)3-4-10(9)13(15,16)17/h3-5,7,11H,6H2,1-2H3/t11-/m0/s1. The number of hydrogen-bond donors (Lipinski definition) is 0. The van der Waals surface area contributed by atoms with Crippen LogP contribution in [0.15, 0.2) is 27.7 Å². The Balaban J connectivity index is 2.45. The summed E-state index contributed by atoms with van der Waals surface area (Å²) in [6, 6.07) is 3.70. The molecule has 19 heavy (non-hydrogen) atoms. The zero-order valence-corrected chi connectivity index (χ0v) is 12.0. The maximum absolute atomic E-state index is 13.0. The molecule has 0 unspecified atom stereocenters. The number of alkyl halides is 3. The van der Waals surface area contributed by atoms with Gasteiger partial charge >= 0.3 is 6.18 Å². The highest BCUT2D eigenvalue weighted by atomic mass is 79.9. The van der Waals surface area contributed by atoms with Crippen molar-refractivity contribution in [3.05, 3.63) is 33.8 Å². The van der Waals surface area contributed by atoms with Crippen LogP contribution in [-0.2, 0) is 10.9 Å². The fourth-order valence-corrected chi connectivity index (χ4v) is 2.18. The minimum Gasteiger partial charge on any atom is -0.475 e. The van der Waals surface area contributed by atoms with Crippen molar-refractivity contribution < 1.29 is 17.9 Å². The molecule has 1 heterocycles. The molecule has 1 aliphatic rings. The molecule has 0 fully saturated rings. The molecule has 0 amide bonds. The van der Waals surface area contributed by atoms with Crippen LogP contribution in [0.25, 0.3) is 0 Å². The average Bonchev–Trinajstić information content (AvgIpc) is 2.76. The predicted octanol–water partition coefficient (Wildman–Crippen LogP) is 4.27. The minimum atomic E-state index is -4.42. The Morgan fingerprint density at radius 2 is 2.05 bits per heavy atom. The molecule has 0 saturated carbocycles. The van der Waals surface area contributed by atoms with E-state index in [1.807, 2.05) is 13.8 Å². The van der Waals surface area contributed by atoms with E-state index < -0.39 is 11.7 Å². The van der Waals surface area contributed by atoms with Gasteiger partial charge in [-0.3, -0.25) is 0 Å². The molecule has 0 saturated heterocycles. The first-order chi connectivity index (χ1) is 8.79. The van der Waals surface area contributed by atoms with Crippen LogP contribution in [0, 0.1) is 5.92 Å². The average molecular weight is 336 g/mol. The largest absolute Gasteiger partial charge is 0.475 e. The third-order valence-electron chi connectivity index (χ3n) is 2.96. The Hall–Kier alpha value is -1.04. The zero-order chi connectivity index (χ0) is 14.2. The highest BCUT2D eigenvalue weighted by molar-refractivity contribution is 9.10. The first kappa shape index (κ1) is 14.4. The zero-order valence-electron chi connectivity index (χ0n) is 10.5. The van der Waals surface area contributed by atoms with E-state index in [0.29, 0.717) is 11.1 Å². The van der Waals surface area contributed by atoms with Gasteiger partial charge in [0.1, 0.15) is 6.61 Å². The Bertz CT molecular complexity index is 511. The number of rotatable bonds is 2. The predicted molar refractivity (Wildman–Crippen MR) is 70.3 cm³/mol. The van der Waals surface area contributed by atoms with Crippen molar-refractivity contribution >= 4 is 21.8 Å². The van der Waals surface area contributed by atoms with Gasteiger partial charge in [0.2, 0.25) is 5.90 Å². The van der Waals surface area contributed by atoms with Gasteiger partial charge in [-0.15, -0.1) is 0 Å². The maximum atomic E-state index is 13.0. The summed E-state index contributed by atoms with van der Waals surface area (Å²) < 4.78 is 44.8. The number of halogens is 4. The molecule has 1 aliphatic heterocycles. The Labute approximate surface area is 117 Å². The maximum Gasteiger partial charge on any atom is 0.417 e. The Morgan fingerprint density at radius 1 is 1.37 bits per heavy atom. The van der Waals surface area contributed by atoms with E-state index in [4.69, 9.17) is 4.74 Å². The summed E-state index contributed by atoms with van der Waals surface area (Å²) in [6.45, 7) is 4.26. The van der Waals surface area contributed by atoms with Crippen LogP contribution in [0.2, 0.25) is 0 Å². The van der Waals surface area contributed by atoms with Crippen molar-refractivity contribution in [3.8, 4) is 0 Å². The summed E-state index contributed by atoms with van der Waals surface area (Å²) in [4.78, 5) is 4.25. The summed E-state index contributed by atoms with van der Waals surface area (Å²) in [5.41, 5.74) is -0.733. The Kier molecular flexibility index (Phi) is 3.90. The molecular formula is C13H13BrF3NO. The molecule has 1 atom stereocenters. The van der Waals surface area contributed by atoms with Gasteiger partial charge in [0, 0.05) is 10.0 Å². The molecule has 0 spiro atoms. The topological polar surface area (TPSA) is 21.6 Å². The van der Waals surface area contributed by atoms with E-state index in [0.717, 1.165) is 6.07 Å². The fraction of sp³-hybridized carbons (Fsp3) is 0.462. The van der Waals surface area contributed by atoms with Crippen LogP contribution >= 0.6 is 15.9 Å². The van der Waals surface area contributed by atoms with Crippen molar-refractivity contribution in [1.29, 1.82) is 0 Å². The van der Waals surface area contributed by atoms with E-state index in [1.54, 1.807) is 0 Å². The number of nitrogens with zero attached hydrogens (tertiary/aromatic N) is 1. The van der Waals surface area contributed by atoms with Gasteiger partial charge in [0.15, 0.2) is 0 Å². The first-order valence-corrected chi connectivity index (χ1v) is 6.66. The van der Waals surface area contributed by atoms with Crippen molar-refractivity contribution in [3.63, 3.8) is 0 Å². The molecule has 2 nitrogen and oxygen atoms in total. The lowest BCUT2D eigenvalue weighted by Gasteiger charge is -2.12. The third-order valence-corrected chi connectivity index (χ3v) is 3.45. The van der Waals surface area contributed by atoms with Crippen LogP contribution in [0.4, 0.5) is 13.2 Å². The van der Waals surface area contributed by atoms with Gasteiger partial charge in [-0.1, -0.05) is 29.8 Å². The summed E-state index contributed by atoms with van der Waals surface area (Å²) in [7, 11) is 0. The number of aliphatic imine (C=N–C) groups is 1. The van der Waals surface area contributed by atoms with Crippen molar-refractivity contribution in [2.45, 2.75) is 26.1 Å². The van der Waals surface area contributed by atoms with Gasteiger partial charge in [0.05, 0.1) is 11.6 Å². The lowest BCUT2D eigenvalue weighted by Crippen LogP contribution is -2.14. The van der Waals surface area contributed by atoms with Crippen LogP contribution in [0.3, 0.4) is 0 Å². The normalized spacial score (nSPS) is 19.5. The van der Waals surface area contributed by atoms with E-state index in [2.05, 4.69) is 20.9 Å². The second-order valence-corrected chi connectivity index (χ2v) is 5.66. The van der Waals surface area contributed by atoms with Crippen LogP contribution in [0.1, 0.15) is 25.0 Å².